The highest BCUT2D eigenvalue weighted by molar-refractivity contribution is 5.83. The molecular weight excluding hydrogens is 294 g/mol. The Labute approximate surface area is 135 Å². The molecule has 0 saturated carbocycles. The zero-order valence-electron chi connectivity index (χ0n) is 13.3. The number of para-hydroxylation sites is 2. The fraction of sp³-hybridized carbons (Fsp3) is 0.529. The van der Waals surface area contributed by atoms with Gasteiger partial charge in [-0.2, -0.15) is 0 Å². The minimum absolute atomic E-state index is 0.126. The van der Waals surface area contributed by atoms with Crippen LogP contribution in [-0.2, 0) is 14.3 Å². The van der Waals surface area contributed by atoms with Gasteiger partial charge in [0.05, 0.1) is 30.6 Å². The number of hydrogen-bond acceptors (Lipinski definition) is 4. The number of amides is 1. The summed E-state index contributed by atoms with van der Waals surface area (Å²) >= 11 is 0. The van der Waals surface area contributed by atoms with Crippen molar-refractivity contribution in [2.75, 3.05) is 26.3 Å². The highest BCUT2D eigenvalue weighted by Crippen LogP contribution is 2.32. The molecule has 2 aliphatic rings. The maximum Gasteiger partial charge on any atom is 0.245 e. The monoisotopic (exact) mass is 315 g/mol. The highest BCUT2D eigenvalue weighted by Gasteiger charge is 2.41. The summed E-state index contributed by atoms with van der Waals surface area (Å²) in [5.74, 6) is -0.317. The molecule has 122 valence electrons. The van der Waals surface area contributed by atoms with Crippen LogP contribution in [0.4, 0.5) is 0 Å². The number of nitrogens with zero attached hydrogens (tertiary/aromatic N) is 3. The van der Waals surface area contributed by atoms with Crippen molar-refractivity contribution in [1.29, 1.82) is 0 Å². The van der Waals surface area contributed by atoms with Crippen molar-refractivity contribution in [2.45, 2.75) is 31.6 Å². The lowest BCUT2D eigenvalue weighted by atomic mass is 10.0. The zero-order chi connectivity index (χ0) is 15.9. The smallest absolute Gasteiger partial charge is 0.245 e. The van der Waals surface area contributed by atoms with Crippen molar-refractivity contribution in [3.8, 4) is 0 Å². The number of ether oxygens (including phenoxy) is 2. The highest BCUT2D eigenvalue weighted by atomic mass is 16.7. The van der Waals surface area contributed by atoms with Gasteiger partial charge in [0.25, 0.3) is 0 Å². The largest absolute Gasteiger partial charge is 0.347 e. The molecule has 4 rings (SSSR count). The number of benzene rings is 1. The van der Waals surface area contributed by atoms with Crippen LogP contribution in [0.5, 0.6) is 0 Å². The maximum absolute atomic E-state index is 12.8. The topological polar surface area (TPSA) is 56.6 Å². The summed E-state index contributed by atoms with van der Waals surface area (Å²) < 4.78 is 13.4. The van der Waals surface area contributed by atoms with Gasteiger partial charge in [-0.3, -0.25) is 4.79 Å². The van der Waals surface area contributed by atoms with Crippen LogP contribution < -0.4 is 0 Å². The van der Waals surface area contributed by atoms with Gasteiger partial charge in [-0.15, -0.1) is 0 Å². The molecule has 0 unspecified atom stereocenters. The number of imidazole rings is 1. The fourth-order valence-electron chi connectivity index (χ4n) is 3.52. The molecule has 0 radical (unpaired) electrons. The zero-order valence-corrected chi connectivity index (χ0v) is 13.3. The molecule has 0 aliphatic carbocycles. The van der Waals surface area contributed by atoms with Gasteiger partial charge in [0.2, 0.25) is 5.91 Å². The number of aromatic nitrogens is 2. The molecule has 2 aliphatic heterocycles. The third-order valence-corrected chi connectivity index (χ3v) is 4.91. The average Bonchev–Trinajstić information content (AvgIpc) is 3.21. The van der Waals surface area contributed by atoms with Gasteiger partial charge in [-0.1, -0.05) is 12.1 Å². The fourth-order valence-corrected chi connectivity index (χ4v) is 3.52. The lowest BCUT2D eigenvalue weighted by Crippen LogP contribution is -2.48. The van der Waals surface area contributed by atoms with E-state index >= 15 is 0 Å². The van der Waals surface area contributed by atoms with E-state index in [0.717, 1.165) is 23.9 Å². The predicted octanol–water partition coefficient (Wildman–Crippen LogP) is 1.96. The van der Waals surface area contributed by atoms with Crippen LogP contribution >= 0.6 is 0 Å². The lowest BCUT2D eigenvalue weighted by Gasteiger charge is -2.38. The van der Waals surface area contributed by atoms with Gasteiger partial charge in [0.15, 0.2) is 5.79 Å². The van der Waals surface area contributed by atoms with E-state index in [1.165, 1.54) is 0 Å². The second-order valence-electron chi connectivity index (χ2n) is 6.25. The minimum atomic E-state index is -0.443. The molecule has 6 nitrogen and oxygen atoms in total. The average molecular weight is 315 g/mol. The molecular formula is C17H21N3O3. The van der Waals surface area contributed by atoms with E-state index in [2.05, 4.69) is 4.98 Å². The molecule has 1 aromatic carbocycles. The number of carbonyl (C=O) groups excluding carboxylic acids is 1. The number of likely N-dealkylation sites (tertiary alicyclic amines) is 1. The number of rotatable bonds is 2. The Morgan fingerprint density at radius 1 is 1.22 bits per heavy atom. The first-order chi connectivity index (χ1) is 11.2. The maximum atomic E-state index is 12.8. The summed E-state index contributed by atoms with van der Waals surface area (Å²) in [5.41, 5.74) is 1.90. The van der Waals surface area contributed by atoms with Crippen molar-refractivity contribution in [2.24, 2.45) is 0 Å². The molecule has 2 saturated heterocycles. The third-order valence-electron chi connectivity index (χ3n) is 4.91. The van der Waals surface area contributed by atoms with Crippen LogP contribution in [0.3, 0.4) is 0 Å². The first-order valence-corrected chi connectivity index (χ1v) is 8.17. The quantitative estimate of drug-likeness (QED) is 0.850. The van der Waals surface area contributed by atoms with Crippen LogP contribution in [0.25, 0.3) is 11.0 Å². The Hall–Kier alpha value is -1.92. The van der Waals surface area contributed by atoms with Crippen LogP contribution in [0.2, 0.25) is 0 Å². The lowest BCUT2D eigenvalue weighted by molar-refractivity contribution is -0.188. The molecule has 1 spiro atoms. The van der Waals surface area contributed by atoms with E-state index in [9.17, 15) is 4.79 Å². The first-order valence-electron chi connectivity index (χ1n) is 8.17. The molecule has 1 atom stereocenters. The Morgan fingerprint density at radius 3 is 2.65 bits per heavy atom. The van der Waals surface area contributed by atoms with Crippen molar-refractivity contribution in [3.05, 3.63) is 30.6 Å². The molecule has 0 bridgehead atoms. The van der Waals surface area contributed by atoms with Crippen molar-refractivity contribution < 1.29 is 14.3 Å². The summed E-state index contributed by atoms with van der Waals surface area (Å²) in [5, 5.41) is 0. The molecule has 23 heavy (non-hydrogen) atoms. The van der Waals surface area contributed by atoms with Gasteiger partial charge in [0.1, 0.15) is 6.04 Å². The van der Waals surface area contributed by atoms with Crippen LogP contribution in [0, 0.1) is 0 Å². The van der Waals surface area contributed by atoms with Gasteiger partial charge < -0.3 is 18.9 Å². The van der Waals surface area contributed by atoms with E-state index in [4.69, 9.17) is 9.47 Å². The van der Waals surface area contributed by atoms with Crippen LogP contribution in [0.1, 0.15) is 25.8 Å². The number of hydrogen-bond donors (Lipinski definition) is 0. The summed E-state index contributed by atoms with van der Waals surface area (Å²) in [7, 11) is 0. The normalized spacial score (nSPS) is 21.9. The molecule has 2 aromatic rings. The SMILES string of the molecule is C[C@H](C(=O)N1CCC2(CC1)OCCO2)n1cnc2ccccc21. The van der Waals surface area contributed by atoms with Crippen molar-refractivity contribution in [3.63, 3.8) is 0 Å². The molecule has 1 aromatic heterocycles. The van der Waals surface area contributed by atoms with E-state index in [1.54, 1.807) is 6.33 Å². The minimum Gasteiger partial charge on any atom is -0.347 e. The van der Waals surface area contributed by atoms with Crippen LogP contribution in [0.15, 0.2) is 30.6 Å². The molecule has 2 fully saturated rings. The van der Waals surface area contributed by atoms with E-state index in [0.29, 0.717) is 26.3 Å². The van der Waals surface area contributed by atoms with E-state index in [1.807, 2.05) is 40.7 Å². The molecule has 1 amide bonds. The number of carbonyl (C=O) groups is 1. The number of fused-ring (bicyclic) bond motifs is 1. The predicted molar refractivity (Wildman–Crippen MR) is 84.9 cm³/mol. The summed E-state index contributed by atoms with van der Waals surface area (Å²) in [6, 6.07) is 7.62. The Kier molecular flexibility index (Phi) is 3.58. The summed E-state index contributed by atoms with van der Waals surface area (Å²) in [6.45, 7) is 4.60. The first kappa shape index (κ1) is 14.7. The van der Waals surface area contributed by atoms with Gasteiger partial charge >= 0.3 is 0 Å². The van der Waals surface area contributed by atoms with E-state index < -0.39 is 5.79 Å². The Morgan fingerprint density at radius 2 is 1.91 bits per heavy atom. The summed E-state index contributed by atoms with van der Waals surface area (Å²) in [4.78, 5) is 19.1. The molecule has 6 heteroatoms. The van der Waals surface area contributed by atoms with Gasteiger partial charge in [-0.25, -0.2) is 4.98 Å². The van der Waals surface area contributed by atoms with E-state index in [-0.39, 0.29) is 11.9 Å². The Bertz CT molecular complexity index is 711. The van der Waals surface area contributed by atoms with Crippen molar-refractivity contribution in [1.82, 2.24) is 14.5 Å². The Balaban J connectivity index is 1.48. The second kappa shape index (κ2) is 5.62. The number of piperidine rings is 1. The molecule has 3 heterocycles. The molecule has 0 N–H and O–H groups in total. The third kappa shape index (κ3) is 2.52. The standard InChI is InChI=1S/C17H21N3O3/c1-13(20-12-18-14-4-2-3-5-15(14)20)16(21)19-8-6-17(7-9-19)22-10-11-23-17/h2-5,12-13H,6-11H2,1H3/t13-/m1/s1. The van der Waals surface area contributed by atoms with Crippen LogP contribution in [-0.4, -0.2) is 52.4 Å². The van der Waals surface area contributed by atoms with Gasteiger partial charge in [-0.05, 0) is 19.1 Å². The van der Waals surface area contributed by atoms with Gasteiger partial charge in [0, 0.05) is 25.9 Å². The second-order valence-corrected chi connectivity index (χ2v) is 6.25. The summed E-state index contributed by atoms with van der Waals surface area (Å²) in [6.07, 6.45) is 3.24. The van der Waals surface area contributed by atoms with Crippen molar-refractivity contribution >= 4 is 16.9 Å².